The summed E-state index contributed by atoms with van der Waals surface area (Å²) in [6.07, 6.45) is -1.52. The Morgan fingerprint density at radius 1 is 0.793 bits per heavy atom. The molecule has 0 bridgehead atoms. The molecule has 1 N–H and O–H groups in total. The van der Waals surface area contributed by atoms with Gasteiger partial charge >= 0.3 is 23.9 Å². The number of benzene rings is 2. The van der Waals surface area contributed by atoms with Gasteiger partial charge in [0.2, 0.25) is 6.10 Å². The molecule has 8 nitrogen and oxygen atoms in total. The van der Waals surface area contributed by atoms with Crippen LogP contribution in [0.25, 0.3) is 0 Å². The normalized spacial score (nSPS) is 11.2. The zero-order valence-corrected chi connectivity index (χ0v) is 15.9. The van der Waals surface area contributed by atoms with Crippen LogP contribution in [0.2, 0.25) is 0 Å². The zero-order valence-electron chi connectivity index (χ0n) is 15.9. The third-order valence-corrected chi connectivity index (χ3v) is 3.69. The number of carboxylic acid groups (broad SMARTS) is 1. The maximum atomic E-state index is 12.1. The van der Waals surface area contributed by atoms with Crippen LogP contribution in [0.5, 0.6) is 11.5 Å². The number of esters is 3. The van der Waals surface area contributed by atoms with E-state index >= 15 is 0 Å². The van der Waals surface area contributed by atoms with Crippen molar-refractivity contribution in [1.82, 2.24) is 0 Å². The van der Waals surface area contributed by atoms with Crippen LogP contribution in [0.3, 0.4) is 0 Å². The summed E-state index contributed by atoms with van der Waals surface area (Å²) >= 11 is 0. The van der Waals surface area contributed by atoms with Gasteiger partial charge in [-0.3, -0.25) is 14.4 Å². The topological polar surface area (TPSA) is 116 Å². The van der Waals surface area contributed by atoms with E-state index in [1.165, 1.54) is 38.1 Å². The minimum atomic E-state index is -1.36. The second kappa shape index (κ2) is 10.0. The lowest BCUT2D eigenvalue weighted by Gasteiger charge is -2.14. The van der Waals surface area contributed by atoms with Gasteiger partial charge in [-0.25, -0.2) is 4.79 Å². The van der Waals surface area contributed by atoms with Gasteiger partial charge in [0.1, 0.15) is 11.5 Å². The minimum Gasteiger partial charge on any atom is -0.478 e. The van der Waals surface area contributed by atoms with E-state index in [4.69, 9.17) is 14.2 Å². The average Bonchev–Trinajstić information content (AvgIpc) is 2.63. The van der Waals surface area contributed by atoms with Gasteiger partial charge in [-0.2, -0.15) is 0 Å². The van der Waals surface area contributed by atoms with Crippen molar-refractivity contribution in [3.05, 3.63) is 59.7 Å². The summed E-state index contributed by atoms with van der Waals surface area (Å²) in [6, 6.07) is 12.5. The molecule has 0 aromatic heterocycles. The first-order chi connectivity index (χ1) is 13.7. The van der Waals surface area contributed by atoms with Crippen molar-refractivity contribution in [3.63, 3.8) is 0 Å². The maximum Gasteiger partial charge on any atom is 0.345 e. The third kappa shape index (κ3) is 7.45. The summed E-state index contributed by atoms with van der Waals surface area (Å²) in [5.74, 6) is -2.21. The molecule has 2 aromatic rings. The van der Waals surface area contributed by atoms with E-state index in [2.05, 4.69) is 0 Å². The number of carbonyl (C=O) groups is 4. The van der Waals surface area contributed by atoms with E-state index in [0.29, 0.717) is 22.6 Å². The second-order valence-electron chi connectivity index (χ2n) is 6.17. The van der Waals surface area contributed by atoms with Gasteiger partial charge in [-0.1, -0.05) is 24.3 Å². The Balaban J connectivity index is 1.95. The third-order valence-electron chi connectivity index (χ3n) is 3.69. The maximum absolute atomic E-state index is 12.1. The lowest BCUT2D eigenvalue weighted by atomic mass is 10.1. The number of rotatable bonds is 8. The van der Waals surface area contributed by atoms with Crippen molar-refractivity contribution in [1.29, 1.82) is 0 Å². The van der Waals surface area contributed by atoms with Crippen molar-refractivity contribution in [2.24, 2.45) is 0 Å². The molecular formula is C21H20O8. The molecule has 1 atom stereocenters. The Hall–Kier alpha value is -3.68. The fraction of sp³-hybridized carbons (Fsp3) is 0.238. The highest BCUT2D eigenvalue weighted by Gasteiger charge is 2.23. The lowest BCUT2D eigenvalue weighted by molar-refractivity contribution is -0.163. The molecule has 0 amide bonds. The van der Waals surface area contributed by atoms with Gasteiger partial charge in [0, 0.05) is 20.3 Å². The standard InChI is InChI=1S/C21H20O8/c1-13(22)27-17-7-3-15(4-8-17)11-19(21(25)26)29-20(24)12-16-5-9-18(10-6-16)28-14(2)23/h3-10,19H,11-12H2,1-2H3,(H,25,26). The zero-order chi connectivity index (χ0) is 21.4. The Bertz CT molecular complexity index is 884. The van der Waals surface area contributed by atoms with Crippen molar-refractivity contribution < 1.29 is 38.5 Å². The van der Waals surface area contributed by atoms with Crippen LogP contribution >= 0.6 is 0 Å². The van der Waals surface area contributed by atoms with Crippen molar-refractivity contribution in [2.75, 3.05) is 0 Å². The predicted octanol–water partition coefficient (Wildman–Crippen LogP) is 2.32. The molecule has 0 spiro atoms. The van der Waals surface area contributed by atoms with Crippen molar-refractivity contribution in [3.8, 4) is 11.5 Å². The number of ether oxygens (including phenoxy) is 3. The Morgan fingerprint density at radius 2 is 1.24 bits per heavy atom. The first-order valence-corrected chi connectivity index (χ1v) is 8.70. The summed E-state index contributed by atoms with van der Waals surface area (Å²) in [5.41, 5.74) is 1.19. The Labute approximate surface area is 167 Å². The highest BCUT2D eigenvalue weighted by atomic mass is 16.6. The Kier molecular flexibility index (Phi) is 7.47. The molecule has 0 fully saturated rings. The van der Waals surface area contributed by atoms with Gasteiger partial charge in [0.05, 0.1) is 6.42 Å². The summed E-state index contributed by atoms with van der Waals surface area (Å²) < 4.78 is 14.9. The van der Waals surface area contributed by atoms with Gasteiger partial charge in [0.25, 0.3) is 0 Å². The largest absolute Gasteiger partial charge is 0.478 e. The van der Waals surface area contributed by atoms with Gasteiger partial charge in [-0.15, -0.1) is 0 Å². The number of carbonyl (C=O) groups excluding carboxylic acids is 3. The molecule has 0 aliphatic carbocycles. The molecule has 2 rings (SSSR count). The highest BCUT2D eigenvalue weighted by Crippen LogP contribution is 2.16. The molecule has 0 heterocycles. The SMILES string of the molecule is CC(=O)Oc1ccc(CC(=O)OC(Cc2ccc(OC(C)=O)cc2)C(=O)O)cc1. The van der Waals surface area contributed by atoms with E-state index in [-0.39, 0.29) is 12.8 Å². The first kappa shape index (κ1) is 21.6. The van der Waals surface area contributed by atoms with Crippen LogP contribution in [-0.2, 0) is 36.8 Å². The van der Waals surface area contributed by atoms with Crippen molar-refractivity contribution in [2.45, 2.75) is 32.8 Å². The summed E-state index contributed by atoms with van der Waals surface area (Å²) in [5, 5.41) is 9.35. The van der Waals surface area contributed by atoms with Crippen LogP contribution in [0.1, 0.15) is 25.0 Å². The fourth-order valence-corrected chi connectivity index (χ4v) is 2.46. The minimum absolute atomic E-state index is 0.0349. The highest BCUT2D eigenvalue weighted by molar-refractivity contribution is 5.79. The first-order valence-electron chi connectivity index (χ1n) is 8.70. The van der Waals surface area contributed by atoms with Gasteiger partial charge in [-0.05, 0) is 35.4 Å². The molecule has 152 valence electrons. The quantitative estimate of drug-likeness (QED) is 0.530. The summed E-state index contributed by atoms with van der Waals surface area (Å²) in [7, 11) is 0. The molecule has 0 saturated heterocycles. The van der Waals surface area contributed by atoms with E-state index in [1.54, 1.807) is 24.3 Å². The van der Waals surface area contributed by atoms with Gasteiger partial charge in [0.15, 0.2) is 0 Å². The van der Waals surface area contributed by atoms with Gasteiger partial charge < -0.3 is 19.3 Å². The monoisotopic (exact) mass is 400 g/mol. The van der Waals surface area contributed by atoms with E-state index < -0.39 is 30.0 Å². The summed E-state index contributed by atoms with van der Waals surface area (Å²) in [4.78, 5) is 45.4. The average molecular weight is 400 g/mol. The molecule has 0 saturated carbocycles. The molecule has 0 aliphatic rings. The molecular weight excluding hydrogens is 380 g/mol. The van der Waals surface area contributed by atoms with E-state index in [0.717, 1.165) is 0 Å². The molecule has 0 radical (unpaired) electrons. The van der Waals surface area contributed by atoms with Crippen LogP contribution in [0.4, 0.5) is 0 Å². The smallest absolute Gasteiger partial charge is 0.345 e. The van der Waals surface area contributed by atoms with Crippen LogP contribution < -0.4 is 9.47 Å². The lowest BCUT2D eigenvalue weighted by Crippen LogP contribution is -2.29. The predicted molar refractivity (Wildman–Crippen MR) is 100 cm³/mol. The fourth-order valence-electron chi connectivity index (χ4n) is 2.46. The van der Waals surface area contributed by atoms with Crippen molar-refractivity contribution >= 4 is 23.9 Å². The molecule has 0 aliphatic heterocycles. The number of hydrogen-bond donors (Lipinski definition) is 1. The summed E-state index contributed by atoms with van der Waals surface area (Å²) in [6.45, 7) is 2.55. The number of aliphatic carboxylic acids is 1. The van der Waals surface area contributed by atoms with E-state index in [1.807, 2.05) is 0 Å². The number of hydrogen-bond acceptors (Lipinski definition) is 7. The molecule has 29 heavy (non-hydrogen) atoms. The van der Waals surface area contributed by atoms with Crippen LogP contribution in [0.15, 0.2) is 48.5 Å². The molecule has 1 unspecified atom stereocenters. The second-order valence-corrected chi connectivity index (χ2v) is 6.17. The number of carboxylic acids is 1. The Morgan fingerprint density at radius 3 is 1.66 bits per heavy atom. The van der Waals surface area contributed by atoms with Crippen LogP contribution in [0, 0.1) is 0 Å². The molecule has 8 heteroatoms. The van der Waals surface area contributed by atoms with Crippen LogP contribution in [-0.4, -0.2) is 35.1 Å². The molecule has 2 aromatic carbocycles. The van der Waals surface area contributed by atoms with E-state index in [9.17, 15) is 24.3 Å².